The smallest absolute Gasteiger partial charge is 0.309 e. The van der Waals surface area contributed by atoms with Crippen LogP contribution in [0.1, 0.15) is 12.8 Å². The van der Waals surface area contributed by atoms with E-state index in [0.29, 0.717) is 16.7 Å². The average molecular weight is 217 g/mol. The van der Waals surface area contributed by atoms with Gasteiger partial charge in [-0.05, 0) is 18.8 Å². The van der Waals surface area contributed by atoms with Crippen molar-refractivity contribution in [3.63, 3.8) is 0 Å². The van der Waals surface area contributed by atoms with E-state index in [-0.39, 0.29) is 18.0 Å². The first kappa shape index (κ1) is 6.46. The van der Waals surface area contributed by atoms with Crippen LogP contribution in [0.3, 0.4) is 0 Å². The fraction of sp³-hybridized carbons (Fsp3) is 0.875. The number of carbonyl (C=O) groups is 1. The zero-order chi connectivity index (χ0) is 7.59. The van der Waals surface area contributed by atoms with Gasteiger partial charge in [-0.3, -0.25) is 4.79 Å². The standard InChI is InChI=1S/C8H9BrO2/c9-6-3-1-4-5(2-3)8(10)11-7(4)6/h3-7H,1-2H2/t3-,4-,5+,6-,7+/m1/s1. The van der Waals surface area contributed by atoms with Gasteiger partial charge in [0.15, 0.2) is 0 Å². The maximum atomic E-state index is 11.2. The van der Waals surface area contributed by atoms with Crippen LogP contribution < -0.4 is 0 Å². The minimum atomic E-state index is 0.0597. The molecule has 3 heteroatoms. The molecule has 0 unspecified atom stereocenters. The number of hydrogen-bond acceptors (Lipinski definition) is 2. The fourth-order valence-corrected chi connectivity index (χ4v) is 3.82. The van der Waals surface area contributed by atoms with Gasteiger partial charge in [0.05, 0.1) is 10.7 Å². The van der Waals surface area contributed by atoms with E-state index >= 15 is 0 Å². The Hall–Kier alpha value is -0.0500. The molecule has 60 valence electrons. The lowest BCUT2D eigenvalue weighted by atomic mass is 9.90. The summed E-state index contributed by atoms with van der Waals surface area (Å²) in [6, 6.07) is 0. The quantitative estimate of drug-likeness (QED) is 0.452. The monoisotopic (exact) mass is 216 g/mol. The molecule has 3 aliphatic rings. The zero-order valence-corrected chi connectivity index (χ0v) is 7.58. The molecule has 2 saturated carbocycles. The Kier molecular flexibility index (Phi) is 1.07. The fourth-order valence-electron chi connectivity index (χ4n) is 2.88. The molecular formula is C8H9BrO2. The van der Waals surface area contributed by atoms with Crippen molar-refractivity contribution in [2.75, 3.05) is 0 Å². The van der Waals surface area contributed by atoms with E-state index in [1.165, 1.54) is 6.42 Å². The van der Waals surface area contributed by atoms with E-state index in [9.17, 15) is 4.79 Å². The molecule has 2 nitrogen and oxygen atoms in total. The van der Waals surface area contributed by atoms with Gasteiger partial charge in [0.25, 0.3) is 0 Å². The highest BCUT2D eigenvalue weighted by atomic mass is 79.9. The summed E-state index contributed by atoms with van der Waals surface area (Å²) in [5.41, 5.74) is 0. The summed E-state index contributed by atoms with van der Waals surface area (Å²) in [6.07, 6.45) is 2.48. The van der Waals surface area contributed by atoms with E-state index in [1.54, 1.807) is 0 Å². The molecule has 0 radical (unpaired) electrons. The van der Waals surface area contributed by atoms with Gasteiger partial charge in [-0.1, -0.05) is 15.9 Å². The number of hydrogen-bond donors (Lipinski definition) is 0. The highest BCUT2D eigenvalue weighted by molar-refractivity contribution is 9.09. The predicted molar refractivity (Wildman–Crippen MR) is 42.3 cm³/mol. The van der Waals surface area contributed by atoms with Gasteiger partial charge in [-0.15, -0.1) is 0 Å². The number of halogens is 1. The first-order valence-corrected chi connectivity index (χ1v) is 5.03. The number of ether oxygens (including phenoxy) is 1. The van der Waals surface area contributed by atoms with Crippen LogP contribution in [-0.4, -0.2) is 16.9 Å². The maximum absolute atomic E-state index is 11.2. The van der Waals surface area contributed by atoms with Gasteiger partial charge in [0.1, 0.15) is 6.10 Å². The molecule has 0 N–H and O–H groups in total. The Morgan fingerprint density at radius 2 is 2.27 bits per heavy atom. The van der Waals surface area contributed by atoms with Gasteiger partial charge >= 0.3 is 5.97 Å². The second-order valence-electron chi connectivity index (χ2n) is 3.85. The van der Waals surface area contributed by atoms with Crippen LogP contribution in [0, 0.1) is 17.8 Å². The first-order valence-electron chi connectivity index (χ1n) is 4.12. The molecule has 1 aliphatic heterocycles. The Labute approximate surface area is 73.4 Å². The molecule has 1 saturated heterocycles. The third kappa shape index (κ3) is 0.616. The molecule has 11 heavy (non-hydrogen) atoms. The van der Waals surface area contributed by atoms with Gasteiger partial charge in [-0.25, -0.2) is 0 Å². The van der Waals surface area contributed by atoms with Crippen LogP contribution in [0.5, 0.6) is 0 Å². The summed E-state index contributed by atoms with van der Waals surface area (Å²) < 4.78 is 5.27. The van der Waals surface area contributed by atoms with Crippen molar-refractivity contribution >= 4 is 21.9 Å². The van der Waals surface area contributed by atoms with Crippen molar-refractivity contribution < 1.29 is 9.53 Å². The summed E-state index contributed by atoms with van der Waals surface area (Å²) in [4.78, 5) is 11.6. The molecule has 0 aromatic heterocycles. The van der Waals surface area contributed by atoms with Crippen molar-refractivity contribution in [1.82, 2.24) is 0 Å². The van der Waals surface area contributed by atoms with Gasteiger partial charge in [-0.2, -0.15) is 0 Å². The minimum absolute atomic E-state index is 0.0597. The van der Waals surface area contributed by atoms with Gasteiger partial charge < -0.3 is 4.74 Å². The lowest BCUT2D eigenvalue weighted by Crippen LogP contribution is -2.26. The molecule has 0 spiro atoms. The Morgan fingerprint density at radius 1 is 1.45 bits per heavy atom. The van der Waals surface area contributed by atoms with Crippen molar-refractivity contribution in [1.29, 1.82) is 0 Å². The molecule has 3 fully saturated rings. The summed E-state index contributed by atoms with van der Waals surface area (Å²) in [5.74, 6) is 1.58. The predicted octanol–water partition coefficient (Wildman–Crippen LogP) is 1.33. The molecule has 2 bridgehead atoms. The number of esters is 1. The van der Waals surface area contributed by atoms with Crippen molar-refractivity contribution in [3.05, 3.63) is 0 Å². The number of carbonyl (C=O) groups excluding carboxylic acids is 1. The third-order valence-electron chi connectivity index (χ3n) is 3.39. The maximum Gasteiger partial charge on any atom is 0.309 e. The highest BCUT2D eigenvalue weighted by Gasteiger charge is 2.60. The SMILES string of the molecule is O=C1O[C@@H]2[C@H](Br)[C@@H]3C[C@@H]2[C@@H]1C3. The highest BCUT2D eigenvalue weighted by Crippen LogP contribution is 2.56. The summed E-state index contributed by atoms with van der Waals surface area (Å²) in [5, 5.41) is 0. The van der Waals surface area contributed by atoms with E-state index in [2.05, 4.69) is 15.9 Å². The molecule has 0 aromatic rings. The second-order valence-corrected chi connectivity index (χ2v) is 4.91. The third-order valence-corrected chi connectivity index (χ3v) is 4.66. The number of fused-ring (bicyclic) bond motifs is 1. The van der Waals surface area contributed by atoms with Gasteiger partial charge in [0, 0.05) is 5.92 Å². The Morgan fingerprint density at radius 3 is 2.91 bits per heavy atom. The van der Waals surface area contributed by atoms with Crippen LogP contribution in [0.2, 0.25) is 0 Å². The summed E-state index contributed by atoms with van der Waals surface area (Å²) in [7, 11) is 0. The largest absolute Gasteiger partial charge is 0.461 e. The first-order chi connectivity index (χ1) is 5.27. The van der Waals surface area contributed by atoms with Crippen molar-refractivity contribution in [2.24, 2.45) is 17.8 Å². The Bertz CT molecular complexity index is 228. The van der Waals surface area contributed by atoms with Crippen LogP contribution in [0.4, 0.5) is 0 Å². The van der Waals surface area contributed by atoms with E-state index in [1.807, 2.05) is 0 Å². The molecular weight excluding hydrogens is 208 g/mol. The topological polar surface area (TPSA) is 26.3 Å². The molecule has 0 amide bonds. The van der Waals surface area contributed by atoms with Crippen molar-refractivity contribution in [2.45, 2.75) is 23.8 Å². The Balaban J connectivity index is 2.04. The van der Waals surface area contributed by atoms with Crippen LogP contribution in [0.15, 0.2) is 0 Å². The molecule has 1 heterocycles. The molecule has 3 rings (SSSR count). The number of alkyl halides is 1. The van der Waals surface area contributed by atoms with Crippen molar-refractivity contribution in [3.8, 4) is 0 Å². The van der Waals surface area contributed by atoms with E-state index in [0.717, 1.165) is 6.42 Å². The lowest BCUT2D eigenvalue weighted by Gasteiger charge is -2.18. The molecule has 0 aromatic carbocycles. The van der Waals surface area contributed by atoms with Crippen LogP contribution >= 0.6 is 15.9 Å². The minimum Gasteiger partial charge on any atom is -0.461 e. The van der Waals surface area contributed by atoms with Crippen LogP contribution in [0.25, 0.3) is 0 Å². The van der Waals surface area contributed by atoms with E-state index < -0.39 is 0 Å². The summed E-state index contributed by atoms with van der Waals surface area (Å²) >= 11 is 3.60. The second kappa shape index (κ2) is 1.82. The van der Waals surface area contributed by atoms with E-state index in [4.69, 9.17) is 4.74 Å². The van der Waals surface area contributed by atoms with Crippen LogP contribution in [-0.2, 0) is 9.53 Å². The number of rotatable bonds is 0. The lowest BCUT2D eigenvalue weighted by molar-refractivity contribution is -0.143. The summed E-state index contributed by atoms with van der Waals surface area (Å²) in [6.45, 7) is 0. The molecule has 2 aliphatic carbocycles. The normalized spacial score (nSPS) is 58.6. The average Bonchev–Trinajstić information content (AvgIpc) is 2.53. The van der Waals surface area contributed by atoms with Gasteiger partial charge in [0.2, 0.25) is 0 Å². The molecule has 5 atom stereocenters. The zero-order valence-electron chi connectivity index (χ0n) is 6.00.